The minimum absolute atomic E-state index is 0. The molecule has 1 heterocycles. The summed E-state index contributed by atoms with van der Waals surface area (Å²) in [5.41, 5.74) is 10.8. The number of para-hydroxylation sites is 4. The molecule has 4 aromatic rings. The van der Waals surface area contributed by atoms with Crippen molar-refractivity contribution in [3.63, 3.8) is 0 Å². The summed E-state index contributed by atoms with van der Waals surface area (Å²) in [5.74, 6) is -1.53. The first kappa shape index (κ1) is 74.4. The van der Waals surface area contributed by atoms with E-state index in [1.807, 2.05) is 6.07 Å². The largest absolute Gasteiger partial charge is 0.507 e. The molecule has 0 unspecified atom stereocenters. The molecule has 21 nitrogen and oxygen atoms in total. The summed E-state index contributed by atoms with van der Waals surface area (Å²) in [7, 11) is 12.6. The Bertz CT molecular complexity index is 1990. The van der Waals surface area contributed by atoms with Crippen molar-refractivity contribution in [2.24, 2.45) is 32.1 Å². The van der Waals surface area contributed by atoms with Gasteiger partial charge in [0, 0.05) is 22.5 Å². The van der Waals surface area contributed by atoms with E-state index in [4.69, 9.17) is 4.74 Å². The van der Waals surface area contributed by atoms with Crippen LogP contribution in [0.3, 0.4) is 0 Å². The number of likely N-dealkylation sites (N-methyl/N-ethyl adjacent to an activating group) is 2. The predicted molar refractivity (Wildman–Crippen MR) is 270 cm³/mol. The van der Waals surface area contributed by atoms with E-state index in [9.17, 15) is 34.5 Å². The van der Waals surface area contributed by atoms with Gasteiger partial charge in [0.1, 0.15) is 51.4 Å². The number of ether oxygens (including phenoxy) is 2. The van der Waals surface area contributed by atoms with Crippen LogP contribution in [0.2, 0.25) is 0 Å². The van der Waals surface area contributed by atoms with Gasteiger partial charge in [0.15, 0.2) is 22.8 Å². The molecule has 3 radical (unpaired) electrons. The molecule has 0 atom stereocenters. The fraction of sp³-hybridized carbons (Fsp3) is 0.304. The van der Waals surface area contributed by atoms with Crippen molar-refractivity contribution in [1.29, 1.82) is 0 Å². The van der Waals surface area contributed by atoms with Crippen LogP contribution in [0.15, 0.2) is 118 Å². The summed E-state index contributed by atoms with van der Waals surface area (Å²) < 4.78 is 9.44. The van der Waals surface area contributed by atoms with Gasteiger partial charge >= 0.3 is 11.9 Å². The molecule has 0 spiro atoms. The molecular weight excluding hydrogens is 883 g/mol. The fourth-order valence-corrected chi connectivity index (χ4v) is 4.44. The van der Waals surface area contributed by atoms with Crippen LogP contribution in [0, 0.1) is 0 Å². The highest BCUT2D eigenvalue weighted by Crippen LogP contribution is 2.25. The van der Waals surface area contributed by atoms with Crippen LogP contribution >= 0.6 is 0 Å². The molecule has 9 N–H and O–H groups in total. The molecule has 0 saturated carbocycles. The number of phenolic OH excluding ortho intramolecular Hbond substituents is 3. The second-order valence-electron chi connectivity index (χ2n) is 10.6. The number of rotatable bonds is 10. The topological polar surface area (TPSA) is 310 Å². The minimum Gasteiger partial charge on any atom is -0.507 e. The van der Waals surface area contributed by atoms with E-state index >= 15 is 0 Å². The maximum atomic E-state index is 11.4. The van der Waals surface area contributed by atoms with Crippen molar-refractivity contribution >= 4 is 55.0 Å². The van der Waals surface area contributed by atoms with Gasteiger partial charge in [-0.2, -0.15) is 0 Å². The van der Waals surface area contributed by atoms with Crippen LogP contribution < -0.4 is 26.8 Å². The van der Waals surface area contributed by atoms with E-state index in [1.54, 1.807) is 72.8 Å². The third-order valence-corrected chi connectivity index (χ3v) is 7.01. The standard InChI is InChI=1S/2C10H12N2O3.C10H11NO4.C9H7NO3.2CH5N.5CH4.B/c2*1-11-10(14)9(12-15-2)7-5-3-4-6-8(7)13;1-14-10(13)9(11-15-2)7-5-3-4-6-8(7)12;1-12-10-8-6-4-2-3-5-7(6)13-9(8)11;2*1-2;;;;;;/h2*3-6,13H,1-2H3,(H,11,14);3-6,12H,1-2H3;2-5H,1H3;2*2H2,1H3;5*1H4;. The van der Waals surface area contributed by atoms with E-state index in [0.29, 0.717) is 22.4 Å². The van der Waals surface area contributed by atoms with Gasteiger partial charge in [0.2, 0.25) is 0 Å². The molecule has 0 fully saturated rings. The number of hydrogen-bond acceptors (Lipinski definition) is 19. The Morgan fingerprint density at radius 1 is 0.529 bits per heavy atom. The van der Waals surface area contributed by atoms with Crippen LogP contribution in [0.25, 0.3) is 0 Å². The summed E-state index contributed by atoms with van der Waals surface area (Å²) in [6.45, 7) is 0. The van der Waals surface area contributed by atoms with Crippen molar-refractivity contribution in [3.05, 3.63) is 119 Å². The van der Waals surface area contributed by atoms with Gasteiger partial charge in [-0.25, -0.2) is 9.59 Å². The average molecular weight is 956 g/mol. The Hall–Kier alpha value is -7.98. The van der Waals surface area contributed by atoms with Gasteiger partial charge in [0.05, 0.1) is 29.4 Å². The maximum absolute atomic E-state index is 11.4. The third-order valence-electron chi connectivity index (χ3n) is 7.01. The zero-order valence-electron chi connectivity index (χ0n) is 36.2. The van der Waals surface area contributed by atoms with E-state index in [1.165, 1.54) is 81.9 Å². The monoisotopic (exact) mass is 956 g/mol. The maximum Gasteiger partial charge on any atom is 0.366 e. The minimum atomic E-state index is -0.668. The highest BCUT2D eigenvalue weighted by Gasteiger charge is 2.29. The highest BCUT2D eigenvalue weighted by atomic mass is 16.6. The summed E-state index contributed by atoms with van der Waals surface area (Å²) in [6.07, 6.45) is 0. The number of methoxy groups -OCH3 is 1. The van der Waals surface area contributed by atoms with Gasteiger partial charge < -0.3 is 66.2 Å². The Kier molecular flexibility index (Phi) is 47.0. The lowest BCUT2D eigenvalue weighted by molar-refractivity contribution is -0.133. The molecule has 68 heavy (non-hydrogen) atoms. The SMILES string of the molecule is C.C.C.C.C.CN.CN.CNC(=O)C(=NOC)c1ccccc1O.CNC(=O)C(=NOC)c1ccccc1O.CON=C(C(=O)OC)c1ccccc1O.CON=C1C(=O)Oc2ccccc21.[B]. The number of phenols is 3. The molecule has 1 aliphatic heterocycles. The number of nitrogens with one attached hydrogen (secondary N) is 2. The van der Waals surface area contributed by atoms with Crippen LogP contribution in [-0.4, -0.2) is 134 Å². The normalized spacial score (nSPS) is 10.7. The molecule has 377 valence electrons. The van der Waals surface area contributed by atoms with Crippen LogP contribution in [-0.2, 0) is 43.3 Å². The highest BCUT2D eigenvalue weighted by molar-refractivity contribution is 6.47. The third kappa shape index (κ3) is 23.3. The Balaban J connectivity index is -0.000000138. The number of amides is 2. The van der Waals surface area contributed by atoms with E-state index < -0.39 is 23.8 Å². The van der Waals surface area contributed by atoms with Gasteiger partial charge in [0.25, 0.3) is 11.8 Å². The quantitative estimate of drug-likeness (QED) is 0.0369. The number of carbonyl (C=O) groups is 4. The molecule has 0 bridgehead atoms. The van der Waals surface area contributed by atoms with E-state index in [-0.39, 0.29) is 91.2 Å². The molecule has 5 rings (SSSR count). The predicted octanol–water partition coefficient (Wildman–Crippen LogP) is 4.80. The molecule has 0 aromatic heterocycles. The smallest absolute Gasteiger partial charge is 0.366 e. The summed E-state index contributed by atoms with van der Waals surface area (Å²) in [5, 5.41) is 47.6. The van der Waals surface area contributed by atoms with Crippen molar-refractivity contribution in [2.75, 3.05) is 63.7 Å². The van der Waals surface area contributed by atoms with E-state index in [0.717, 1.165) is 0 Å². The lowest BCUT2D eigenvalue weighted by atomic mass is 10.1. The van der Waals surface area contributed by atoms with E-state index in [2.05, 4.69) is 66.8 Å². The van der Waals surface area contributed by atoms with Gasteiger partial charge in [-0.15, -0.1) is 0 Å². The number of fused-ring (bicyclic) bond motifs is 1. The number of nitrogens with two attached hydrogens (primary N) is 2. The summed E-state index contributed by atoms with van der Waals surface area (Å²) in [6, 6.07) is 26.2. The average Bonchev–Trinajstić information content (AvgIpc) is 3.63. The number of oxime groups is 4. The molecule has 1 aliphatic rings. The van der Waals surface area contributed by atoms with Crippen molar-refractivity contribution in [2.45, 2.75) is 37.1 Å². The Labute approximate surface area is 403 Å². The van der Waals surface area contributed by atoms with Gasteiger partial charge in [-0.3, -0.25) is 9.59 Å². The summed E-state index contributed by atoms with van der Waals surface area (Å²) >= 11 is 0. The first-order valence-electron chi connectivity index (χ1n) is 17.7. The zero-order chi connectivity index (χ0) is 47.0. The van der Waals surface area contributed by atoms with Crippen LogP contribution in [0.4, 0.5) is 0 Å². The van der Waals surface area contributed by atoms with Gasteiger partial charge in [-0.1, -0.05) is 106 Å². The fourth-order valence-electron chi connectivity index (χ4n) is 4.44. The second kappa shape index (κ2) is 42.9. The number of carbonyl (C=O) groups excluding carboxylic acids is 4. The second-order valence-corrected chi connectivity index (χ2v) is 10.6. The number of hydrogen-bond donors (Lipinski definition) is 7. The summed E-state index contributed by atoms with van der Waals surface area (Å²) in [4.78, 5) is 63.5. The Morgan fingerprint density at radius 3 is 1.18 bits per heavy atom. The molecule has 4 aromatic carbocycles. The number of benzene rings is 4. The van der Waals surface area contributed by atoms with Gasteiger partial charge in [-0.05, 0) is 62.6 Å². The first-order valence-corrected chi connectivity index (χ1v) is 17.7. The first-order chi connectivity index (χ1) is 29.9. The molecule has 0 aliphatic carbocycles. The van der Waals surface area contributed by atoms with Crippen molar-refractivity contribution in [3.8, 4) is 23.0 Å². The number of nitrogens with zero attached hydrogens (tertiary/aromatic N) is 4. The number of esters is 2. The van der Waals surface area contributed by atoms with Crippen molar-refractivity contribution in [1.82, 2.24) is 10.6 Å². The van der Waals surface area contributed by atoms with Crippen molar-refractivity contribution < 1.29 is 63.3 Å². The zero-order valence-corrected chi connectivity index (χ0v) is 36.2. The van der Waals surface area contributed by atoms with Crippen LogP contribution in [0.1, 0.15) is 59.4 Å². The lowest BCUT2D eigenvalue weighted by Gasteiger charge is -2.05. The lowest BCUT2D eigenvalue weighted by Crippen LogP contribution is -2.28. The number of aromatic hydroxyl groups is 3. The molecular formula is C46H72BN8O13. The van der Waals surface area contributed by atoms with Crippen LogP contribution in [0.5, 0.6) is 23.0 Å². The Morgan fingerprint density at radius 2 is 0.853 bits per heavy atom. The molecule has 2 amide bonds. The molecule has 22 heteroatoms. The molecule has 0 saturated heterocycles.